The van der Waals surface area contributed by atoms with Crippen molar-refractivity contribution >= 4 is 32.2 Å². The van der Waals surface area contributed by atoms with Crippen LogP contribution in [-0.2, 0) is 6.61 Å². The molecule has 0 aliphatic heterocycles. The zero-order chi connectivity index (χ0) is 12.5. The zero-order valence-corrected chi connectivity index (χ0v) is 11.6. The molecule has 6 heteroatoms. The van der Waals surface area contributed by atoms with Crippen molar-refractivity contribution in [3.63, 3.8) is 0 Å². The third kappa shape index (κ3) is 2.03. The number of aromatic nitrogens is 2. The van der Waals surface area contributed by atoms with Crippen LogP contribution >= 0.6 is 27.3 Å². The van der Waals surface area contributed by atoms with Gasteiger partial charge < -0.3 is 9.84 Å². The number of rotatable bonds is 3. The number of benzene rings is 1. The number of hydrogen-bond acceptors (Lipinski definition) is 4. The lowest BCUT2D eigenvalue weighted by molar-refractivity contribution is 0.270. The van der Waals surface area contributed by atoms with Gasteiger partial charge in [0.05, 0.1) is 6.61 Å². The predicted octanol–water partition coefficient (Wildman–Crippen LogP) is 3.44. The van der Waals surface area contributed by atoms with Crippen LogP contribution in [0.15, 0.2) is 40.3 Å². The summed E-state index contributed by atoms with van der Waals surface area (Å²) in [6.45, 7) is -0.107. The molecule has 2 heterocycles. The molecule has 4 nitrogen and oxygen atoms in total. The van der Waals surface area contributed by atoms with Crippen molar-refractivity contribution in [3.05, 3.63) is 46.0 Å². The molecule has 0 fully saturated rings. The Labute approximate surface area is 116 Å². The van der Waals surface area contributed by atoms with E-state index in [4.69, 9.17) is 4.74 Å². The van der Waals surface area contributed by atoms with Crippen molar-refractivity contribution in [1.82, 2.24) is 9.38 Å². The normalized spacial score (nSPS) is 11.0. The van der Waals surface area contributed by atoms with Crippen molar-refractivity contribution in [2.24, 2.45) is 0 Å². The maximum atomic E-state index is 9.40. The maximum absolute atomic E-state index is 9.40. The summed E-state index contributed by atoms with van der Waals surface area (Å²) in [7, 11) is 0. The third-order valence-electron chi connectivity index (χ3n) is 2.50. The average molecular weight is 325 g/mol. The number of aliphatic hydroxyl groups is 1. The van der Waals surface area contributed by atoms with Gasteiger partial charge in [0, 0.05) is 16.0 Å². The number of nitrogens with zero attached hydrogens (tertiary/aromatic N) is 2. The summed E-state index contributed by atoms with van der Waals surface area (Å²) in [5.74, 6) is 1.14. The van der Waals surface area contributed by atoms with Gasteiger partial charge in [-0.2, -0.15) is 4.98 Å². The van der Waals surface area contributed by atoms with Crippen LogP contribution in [0.25, 0.3) is 4.96 Å². The zero-order valence-electron chi connectivity index (χ0n) is 9.21. The molecule has 0 bridgehead atoms. The van der Waals surface area contributed by atoms with Crippen molar-refractivity contribution in [2.45, 2.75) is 6.61 Å². The molecule has 0 aliphatic carbocycles. The third-order valence-corrected chi connectivity index (χ3v) is 3.79. The first-order chi connectivity index (χ1) is 8.78. The molecule has 0 aliphatic rings. The van der Waals surface area contributed by atoms with E-state index >= 15 is 0 Å². The van der Waals surface area contributed by atoms with Crippen LogP contribution in [0.5, 0.6) is 11.6 Å². The van der Waals surface area contributed by atoms with E-state index in [0.717, 1.165) is 9.43 Å². The molecule has 92 valence electrons. The van der Waals surface area contributed by atoms with Crippen LogP contribution in [0, 0.1) is 0 Å². The van der Waals surface area contributed by atoms with Gasteiger partial charge in [-0.15, -0.1) is 11.3 Å². The van der Waals surface area contributed by atoms with E-state index in [-0.39, 0.29) is 6.61 Å². The van der Waals surface area contributed by atoms with Gasteiger partial charge in [0.25, 0.3) is 0 Å². The first-order valence-corrected chi connectivity index (χ1v) is 6.94. The fourth-order valence-electron chi connectivity index (χ4n) is 1.65. The lowest BCUT2D eigenvalue weighted by Gasteiger charge is -2.04. The lowest BCUT2D eigenvalue weighted by Crippen LogP contribution is -1.93. The quantitative estimate of drug-likeness (QED) is 0.802. The molecule has 0 radical (unpaired) electrons. The topological polar surface area (TPSA) is 46.8 Å². The van der Waals surface area contributed by atoms with Gasteiger partial charge in [-0.05, 0) is 24.3 Å². The van der Waals surface area contributed by atoms with E-state index in [9.17, 15) is 5.11 Å². The highest BCUT2D eigenvalue weighted by molar-refractivity contribution is 9.10. The first-order valence-electron chi connectivity index (χ1n) is 5.26. The Hall–Kier alpha value is -1.37. The largest absolute Gasteiger partial charge is 0.437 e. The minimum atomic E-state index is -0.107. The highest BCUT2D eigenvalue weighted by Crippen LogP contribution is 2.28. The number of aliphatic hydroxyl groups excluding tert-OH is 1. The summed E-state index contributed by atoms with van der Waals surface area (Å²) < 4.78 is 8.51. The lowest BCUT2D eigenvalue weighted by atomic mass is 10.3. The fraction of sp³-hybridized carbons (Fsp3) is 0.0833. The summed E-state index contributed by atoms with van der Waals surface area (Å²) in [5, 5.41) is 11.3. The standard InChI is InChI=1S/C12H9BrN2O2S/c13-8-1-3-9(4-2-8)17-11-10(7-16)15-5-6-18-12(15)14-11/h1-6,16H,7H2. The number of fused-ring (bicyclic) bond motifs is 1. The molecular weight excluding hydrogens is 316 g/mol. The Morgan fingerprint density at radius 1 is 1.33 bits per heavy atom. The molecule has 1 aromatic carbocycles. The molecule has 0 saturated heterocycles. The number of hydrogen-bond donors (Lipinski definition) is 1. The second-order valence-corrected chi connectivity index (χ2v) is 5.42. The van der Waals surface area contributed by atoms with Crippen LogP contribution in [-0.4, -0.2) is 14.5 Å². The summed E-state index contributed by atoms with van der Waals surface area (Å²) in [5.41, 5.74) is 0.661. The van der Waals surface area contributed by atoms with E-state index < -0.39 is 0 Å². The minimum absolute atomic E-state index is 0.107. The average Bonchev–Trinajstić information content (AvgIpc) is 2.92. The smallest absolute Gasteiger partial charge is 0.244 e. The van der Waals surface area contributed by atoms with Crippen molar-refractivity contribution in [1.29, 1.82) is 0 Å². The Bertz CT molecular complexity index is 675. The van der Waals surface area contributed by atoms with Gasteiger partial charge in [0.15, 0.2) is 4.96 Å². The van der Waals surface area contributed by atoms with Crippen LogP contribution in [0.4, 0.5) is 0 Å². The number of halogens is 1. The Balaban J connectivity index is 1.98. The highest BCUT2D eigenvalue weighted by Gasteiger charge is 2.14. The van der Waals surface area contributed by atoms with E-state index in [1.165, 1.54) is 11.3 Å². The van der Waals surface area contributed by atoms with Crippen LogP contribution in [0.2, 0.25) is 0 Å². The van der Waals surface area contributed by atoms with Crippen LogP contribution < -0.4 is 4.74 Å². The molecule has 0 amide bonds. The van der Waals surface area contributed by atoms with E-state index in [2.05, 4.69) is 20.9 Å². The van der Waals surface area contributed by atoms with Gasteiger partial charge >= 0.3 is 0 Å². The molecule has 0 saturated carbocycles. The molecule has 18 heavy (non-hydrogen) atoms. The molecule has 3 rings (SSSR count). The number of ether oxygens (including phenoxy) is 1. The SMILES string of the molecule is OCc1c(Oc2ccc(Br)cc2)nc2sccn12. The molecule has 3 aromatic rings. The molecule has 0 atom stereocenters. The monoisotopic (exact) mass is 324 g/mol. The number of imidazole rings is 1. The maximum Gasteiger partial charge on any atom is 0.244 e. The van der Waals surface area contributed by atoms with Crippen molar-refractivity contribution < 1.29 is 9.84 Å². The number of thiazole rings is 1. The van der Waals surface area contributed by atoms with Crippen molar-refractivity contribution in [2.75, 3.05) is 0 Å². The Kier molecular flexibility index (Phi) is 3.07. The predicted molar refractivity (Wildman–Crippen MR) is 73.2 cm³/mol. The van der Waals surface area contributed by atoms with E-state index in [1.807, 2.05) is 40.2 Å². The van der Waals surface area contributed by atoms with Crippen LogP contribution in [0.3, 0.4) is 0 Å². The molecule has 0 unspecified atom stereocenters. The van der Waals surface area contributed by atoms with Crippen LogP contribution in [0.1, 0.15) is 5.69 Å². The molecular formula is C12H9BrN2O2S. The Morgan fingerprint density at radius 3 is 2.83 bits per heavy atom. The van der Waals surface area contributed by atoms with Gasteiger partial charge in [0.2, 0.25) is 5.88 Å². The van der Waals surface area contributed by atoms with E-state index in [1.54, 1.807) is 0 Å². The summed E-state index contributed by atoms with van der Waals surface area (Å²) in [6.07, 6.45) is 1.87. The second-order valence-electron chi connectivity index (χ2n) is 3.63. The summed E-state index contributed by atoms with van der Waals surface area (Å²) in [6, 6.07) is 7.48. The van der Waals surface area contributed by atoms with Gasteiger partial charge in [0.1, 0.15) is 11.4 Å². The van der Waals surface area contributed by atoms with Gasteiger partial charge in [-0.1, -0.05) is 15.9 Å². The molecule has 0 spiro atoms. The first kappa shape index (κ1) is 11.7. The Morgan fingerprint density at radius 2 is 2.11 bits per heavy atom. The van der Waals surface area contributed by atoms with Gasteiger partial charge in [-0.3, -0.25) is 4.40 Å². The second kappa shape index (κ2) is 4.72. The fourth-order valence-corrected chi connectivity index (χ4v) is 2.64. The van der Waals surface area contributed by atoms with E-state index in [0.29, 0.717) is 17.3 Å². The minimum Gasteiger partial charge on any atom is -0.437 e. The van der Waals surface area contributed by atoms with Crippen molar-refractivity contribution in [3.8, 4) is 11.6 Å². The summed E-state index contributed by atoms with van der Waals surface area (Å²) >= 11 is 4.87. The highest BCUT2D eigenvalue weighted by atomic mass is 79.9. The molecule has 1 N–H and O–H groups in total. The van der Waals surface area contributed by atoms with Gasteiger partial charge in [-0.25, -0.2) is 0 Å². The molecule has 2 aromatic heterocycles. The summed E-state index contributed by atoms with van der Waals surface area (Å²) in [4.78, 5) is 5.16.